The van der Waals surface area contributed by atoms with Crippen LogP contribution >= 0.6 is 0 Å². The van der Waals surface area contributed by atoms with Gasteiger partial charge in [-0.05, 0) is 24.8 Å². The minimum absolute atomic E-state index is 0.758. The summed E-state index contributed by atoms with van der Waals surface area (Å²) in [5, 5.41) is 0. The molecule has 2 aliphatic rings. The Labute approximate surface area is 74.9 Å². The molecule has 2 heterocycles. The second-order valence-electron chi connectivity index (χ2n) is 4.48. The predicted octanol–water partition coefficient (Wildman–Crippen LogP) is 1.36. The van der Waals surface area contributed by atoms with Crippen LogP contribution in [0.5, 0.6) is 0 Å². The molecule has 0 amide bonds. The van der Waals surface area contributed by atoms with Gasteiger partial charge in [-0.2, -0.15) is 0 Å². The van der Waals surface area contributed by atoms with Crippen LogP contribution in [0, 0.1) is 11.8 Å². The number of nitrogens with zero attached hydrogens (tertiary/aromatic N) is 1. The zero-order chi connectivity index (χ0) is 8.55. The Morgan fingerprint density at radius 2 is 2.08 bits per heavy atom. The number of ether oxygens (including phenoxy) is 1. The van der Waals surface area contributed by atoms with Crippen molar-refractivity contribution >= 4 is 0 Å². The van der Waals surface area contributed by atoms with Gasteiger partial charge in [0.25, 0.3) is 0 Å². The highest BCUT2D eigenvalue weighted by Gasteiger charge is 2.32. The van der Waals surface area contributed by atoms with Gasteiger partial charge in [0.05, 0.1) is 19.3 Å². The molecule has 2 aliphatic heterocycles. The largest absolute Gasteiger partial charge is 0.378 e. The SMILES string of the molecule is CC(C)C1CCN(C2COC2)C1. The first-order chi connectivity index (χ1) is 5.77. The summed E-state index contributed by atoms with van der Waals surface area (Å²) in [5.41, 5.74) is 0. The van der Waals surface area contributed by atoms with Crippen molar-refractivity contribution in [3.63, 3.8) is 0 Å². The molecule has 1 unspecified atom stereocenters. The van der Waals surface area contributed by atoms with Crippen LogP contribution in [0.2, 0.25) is 0 Å². The number of hydrogen-bond donors (Lipinski definition) is 0. The standard InChI is InChI=1S/C10H19NO/c1-8(2)9-3-4-11(5-9)10-6-12-7-10/h8-10H,3-7H2,1-2H3. The van der Waals surface area contributed by atoms with Crippen molar-refractivity contribution < 1.29 is 4.74 Å². The monoisotopic (exact) mass is 169 g/mol. The van der Waals surface area contributed by atoms with Crippen LogP contribution in [0.25, 0.3) is 0 Å². The highest BCUT2D eigenvalue weighted by Crippen LogP contribution is 2.26. The zero-order valence-electron chi connectivity index (χ0n) is 8.12. The van der Waals surface area contributed by atoms with Gasteiger partial charge in [-0.25, -0.2) is 0 Å². The van der Waals surface area contributed by atoms with Gasteiger partial charge in [0, 0.05) is 6.54 Å². The molecule has 0 aromatic heterocycles. The Kier molecular flexibility index (Phi) is 2.37. The van der Waals surface area contributed by atoms with Crippen LogP contribution in [0.4, 0.5) is 0 Å². The molecule has 2 rings (SSSR count). The number of hydrogen-bond acceptors (Lipinski definition) is 2. The second-order valence-corrected chi connectivity index (χ2v) is 4.48. The van der Waals surface area contributed by atoms with E-state index in [1.165, 1.54) is 19.5 Å². The third-order valence-corrected chi connectivity index (χ3v) is 3.34. The van der Waals surface area contributed by atoms with Crippen molar-refractivity contribution in [1.29, 1.82) is 0 Å². The summed E-state index contributed by atoms with van der Waals surface area (Å²) in [4.78, 5) is 2.61. The Hall–Kier alpha value is -0.0800. The summed E-state index contributed by atoms with van der Waals surface area (Å²) >= 11 is 0. The van der Waals surface area contributed by atoms with Crippen LogP contribution in [0.3, 0.4) is 0 Å². The molecule has 0 aromatic rings. The van der Waals surface area contributed by atoms with E-state index in [4.69, 9.17) is 4.74 Å². The molecule has 0 radical (unpaired) electrons. The number of rotatable bonds is 2. The smallest absolute Gasteiger partial charge is 0.0645 e. The van der Waals surface area contributed by atoms with Gasteiger partial charge in [-0.15, -0.1) is 0 Å². The van der Waals surface area contributed by atoms with Gasteiger partial charge in [0.15, 0.2) is 0 Å². The minimum Gasteiger partial charge on any atom is -0.378 e. The Bertz CT molecular complexity index is 154. The molecule has 2 heteroatoms. The third-order valence-electron chi connectivity index (χ3n) is 3.34. The summed E-state index contributed by atoms with van der Waals surface area (Å²) in [6.07, 6.45) is 1.40. The lowest BCUT2D eigenvalue weighted by Gasteiger charge is -2.34. The topological polar surface area (TPSA) is 12.5 Å². The molecule has 2 fully saturated rings. The lowest BCUT2D eigenvalue weighted by atomic mass is 9.95. The lowest BCUT2D eigenvalue weighted by molar-refractivity contribution is -0.0585. The molecular formula is C10H19NO. The van der Waals surface area contributed by atoms with Crippen LogP contribution in [0.15, 0.2) is 0 Å². The van der Waals surface area contributed by atoms with Crippen LogP contribution in [-0.4, -0.2) is 37.2 Å². The highest BCUT2D eigenvalue weighted by molar-refractivity contribution is 4.85. The van der Waals surface area contributed by atoms with Gasteiger partial charge in [-0.3, -0.25) is 4.90 Å². The van der Waals surface area contributed by atoms with Crippen molar-refractivity contribution in [2.45, 2.75) is 26.3 Å². The van der Waals surface area contributed by atoms with E-state index in [2.05, 4.69) is 18.7 Å². The van der Waals surface area contributed by atoms with Gasteiger partial charge in [0.2, 0.25) is 0 Å². The summed E-state index contributed by atoms with van der Waals surface area (Å²) in [5.74, 6) is 1.79. The molecule has 0 saturated carbocycles. The fourth-order valence-corrected chi connectivity index (χ4v) is 2.13. The zero-order valence-corrected chi connectivity index (χ0v) is 8.12. The average molecular weight is 169 g/mol. The Morgan fingerprint density at radius 3 is 2.50 bits per heavy atom. The first-order valence-corrected chi connectivity index (χ1v) is 5.09. The van der Waals surface area contributed by atoms with Gasteiger partial charge >= 0.3 is 0 Å². The van der Waals surface area contributed by atoms with E-state index in [1.807, 2.05) is 0 Å². The maximum atomic E-state index is 5.20. The molecule has 12 heavy (non-hydrogen) atoms. The van der Waals surface area contributed by atoms with Crippen LogP contribution in [0.1, 0.15) is 20.3 Å². The van der Waals surface area contributed by atoms with Gasteiger partial charge in [0.1, 0.15) is 0 Å². The molecular weight excluding hydrogens is 150 g/mol. The average Bonchev–Trinajstić information content (AvgIpc) is 2.32. The Balaban J connectivity index is 1.81. The molecule has 2 saturated heterocycles. The summed E-state index contributed by atoms with van der Waals surface area (Å²) in [6, 6.07) is 0.758. The Morgan fingerprint density at radius 1 is 1.33 bits per heavy atom. The maximum Gasteiger partial charge on any atom is 0.0645 e. The second kappa shape index (κ2) is 3.35. The van der Waals surface area contributed by atoms with E-state index < -0.39 is 0 Å². The quantitative estimate of drug-likeness (QED) is 0.619. The van der Waals surface area contributed by atoms with Gasteiger partial charge in [-0.1, -0.05) is 13.8 Å². The van der Waals surface area contributed by atoms with Crippen molar-refractivity contribution in [3.05, 3.63) is 0 Å². The predicted molar refractivity (Wildman–Crippen MR) is 49.1 cm³/mol. The van der Waals surface area contributed by atoms with E-state index in [-0.39, 0.29) is 0 Å². The molecule has 2 nitrogen and oxygen atoms in total. The molecule has 0 aromatic carbocycles. The van der Waals surface area contributed by atoms with E-state index in [0.717, 1.165) is 31.1 Å². The maximum absolute atomic E-state index is 5.20. The van der Waals surface area contributed by atoms with E-state index in [9.17, 15) is 0 Å². The first kappa shape index (κ1) is 8.52. The van der Waals surface area contributed by atoms with E-state index in [1.54, 1.807) is 0 Å². The van der Waals surface area contributed by atoms with Crippen LogP contribution in [-0.2, 0) is 4.74 Å². The molecule has 0 bridgehead atoms. The van der Waals surface area contributed by atoms with Crippen LogP contribution < -0.4 is 0 Å². The van der Waals surface area contributed by atoms with Crippen molar-refractivity contribution in [3.8, 4) is 0 Å². The molecule has 1 atom stereocenters. The fraction of sp³-hybridized carbons (Fsp3) is 1.00. The molecule has 70 valence electrons. The summed E-state index contributed by atoms with van der Waals surface area (Å²) < 4.78 is 5.20. The third kappa shape index (κ3) is 1.50. The van der Waals surface area contributed by atoms with E-state index >= 15 is 0 Å². The van der Waals surface area contributed by atoms with Crippen molar-refractivity contribution in [2.24, 2.45) is 11.8 Å². The van der Waals surface area contributed by atoms with Crippen molar-refractivity contribution in [2.75, 3.05) is 26.3 Å². The summed E-state index contributed by atoms with van der Waals surface area (Å²) in [6.45, 7) is 9.25. The normalized spacial score (nSPS) is 32.8. The minimum atomic E-state index is 0.758. The lowest BCUT2D eigenvalue weighted by Crippen LogP contribution is -2.47. The van der Waals surface area contributed by atoms with Gasteiger partial charge < -0.3 is 4.74 Å². The van der Waals surface area contributed by atoms with Crippen molar-refractivity contribution in [1.82, 2.24) is 4.90 Å². The molecule has 0 N–H and O–H groups in total. The fourth-order valence-electron chi connectivity index (χ4n) is 2.13. The first-order valence-electron chi connectivity index (χ1n) is 5.09. The number of likely N-dealkylation sites (tertiary alicyclic amines) is 1. The van der Waals surface area contributed by atoms with E-state index in [0.29, 0.717) is 0 Å². The molecule has 0 spiro atoms. The molecule has 0 aliphatic carbocycles. The highest BCUT2D eigenvalue weighted by atomic mass is 16.5. The summed E-state index contributed by atoms with van der Waals surface area (Å²) in [7, 11) is 0.